The molecular formula is C36H54N8O6. The fourth-order valence-corrected chi connectivity index (χ4v) is 8.93. The molecule has 2 bridgehead atoms. The summed E-state index contributed by atoms with van der Waals surface area (Å²) in [7, 11) is 2.61. The van der Waals surface area contributed by atoms with Crippen molar-refractivity contribution in [2.75, 3.05) is 27.3 Å². The Kier molecular flexibility index (Phi) is 10.2. The molecule has 3 saturated carbocycles. The maximum Gasteiger partial charge on any atom is 0.407 e. The fraction of sp³-hybridized carbons (Fsp3) is 0.722. The summed E-state index contributed by atoms with van der Waals surface area (Å²) in [5, 5.41) is 5.45. The summed E-state index contributed by atoms with van der Waals surface area (Å²) in [6, 6.07) is -1.64. The van der Waals surface area contributed by atoms with E-state index in [0.29, 0.717) is 13.1 Å². The van der Waals surface area contributed by atoms with E-state index in [4.69, 9.17) is 19.4 Å². The number of alkyl carbamates (subject to hydrolysis) is 2. The van der Waals surface area contributed by atoms with Crippen molar-refractivity contribution in [1.82, 2.24) is 40.4 Å². The molecule has 3 aliphatic carbocycles. The molecule has 0 radical (unpaired) electrons. The largest absolute Gasteiger partial charge is 0.453 e. The van der Waals surface area contributed by atoms with Gasteiger partial charge in [-0.25, -0.2) is 19.6 Å². The van der Waals surface area contributed by atoms with Crippen molar-refractivity contribution in [2.45, 2.75) is 127 Å². The minimum atomic E-state index is -0.665. The lowest BCUT2D eigenvalue weighted by Crippen LogP contribution is -2.51. The van der Waals surface area contributed by atoms with Crippen LogP contribution >= 0.6 is 0 Å². The summed E-state index contributed by atoms with van der Waals surface area (Å²) < 4.78 is 9.56. The van der Waals surface area contributed by atoms with Crippen LogP contribution in [0.25, 0.3) is 0 Å². The van der Waals surface area contributed by atoms with E-state index < -0.39 is 24.3 Å². The molecule has 5 fully saturated rings. The monoisotopic (exact) mass is 694 g/mol. The van der Waals surface area contributed by atoms with Crippen molar-refractivity contribution in [3.8, 4) is 0 Å². The van der Waals surface area contributed by atoms with Crippen LogP contribution in [0.15, 0.2) is 12.4 Å². The number of imidazole rings is 2. The van der Waals surface area contributed by atoms with Crippen LogP contribution in [0.3, 0.4) is 0 Å². The molecule has 2 aromatic rings. The molecule has 4 atom stereocenters. The summed E-state index contributed by atoms with van der Waals surface area (Å²) in [6.07, 6.45) is 12.3. The Morgan fingerprint density at radius 3 is 1.38 bits per heavy atom. The summed E-state index contributed by atoms with van der Waals surface area (Å²) in [6.45, 7) is 8.93. The average molecular weight is 695 g/mol. The van der Waals surface area contributed by atoms with Crippen molar-refractivity contribution in [1.29, 1.82) is 0 Å². The first-order chi connectivity index (χ1) is 23.9. The van der Waals surface area contributed by atoms with Gasteiger partial charge in [-0.3, -0.25) is 9.59 Å². The number of amides is 4. The van der Waals surface area contributed by atoms with Gasteiger partial charge in [0.15, 0.2) is 0 Å². The molecular weight excluding hydrogens is 640 g/mol. The van der Waals surface area contributed by atoms with Crippen LogP contribution in [-0.4, -0.2) is 93.1 Å². The van der Waals surface area contributed by atoms with Crippen LogP contribution in [0.5, 0.6) is 0 Å². The summed E-state index contributed by atoms with van der Waals surface area (Å²) in [5.41, 5.74) is 2.34. The number of methoxy groups -OCH3 is 2. The predicted molar refractivity (Wildman–Crippen MR) is 184 cm³/mol. The van der Waals surface area contributed by atoms with Crippen LogP contribution < -0.4 is 10.6 Å². The first kappa shape index (κ1) is 35.7. The Bertz CT molecular complexity index is 1430. The Morgan fingerprint density at radius 1 is 0.700 bits per heavy atom. The van der Waals surface area contributed by atoms with Crippen LogP contribution in [0.4, 0.5) is 9.59 Å². The highest BCUT2D eigenvalue weighted by Crippen LogP contribution is 2.58. The van der Waals surface area contributed by atoms with E-state index in [9.17, 15) is 19.2 Å². The number of likely N-dealkylation sites (tertiary alicyclic amines) is 2. The number of carbonyl (C=O) groups excluding carboxylic acids is 4. The molecule has 2 aliphatic heterocycles. The number of aromatic amines is 2. The quantitative estimate of drug-likeness (QED) is 0.275. The smallest absolute Gasteiger partial charge is 0.407 e. The van der Waals surface area contributed by atoms with Crippen molar-refractivity contribution in [3.05, 3.63) is 35.4 Å². The van der Waals surface area contributed by atoms with Crippen LogP contribution in [0.2, 0.25) is 0 Å². The first-order valence-electron chi connectivity index (χ1n) is 18.3. The number of hydrogen-bond acceptors (Lipinski definition) is 8. The lowest BCUT2D eigenvalue weighted by Gasteiger charge is -2.52. The number of nitrogens with zero attached hydrogens (tertiary/aromatic N) is 4. The summed E-state index contributed by atoms with van der Waals surface area (Å²) in [5.74, 6) is 1.25. The second-order valence-electron chi connectivity index (χ2n) is 15.5. The van der Waals surface area contributed by atoms with Gasteiger partial charge in [-0.15, -0.1) is 0 Å². The highest BCUT2D eigenvalue weighted by Gasteiger charge is 2.52. The second kappa shape index (κ2) is 14.3. The maximum absolute atomic E-state index is 13.6. The van der Waals surface area contributed by atoms with E-state index in [2.05, 4.69) is 20.6 Å². The minimum absolute atomic E-state index is 0.0172. The predicted octanol–water partition coefficient (Wildman–Crippen LogP) is 4.76. The third kappa shape index (κ3) is 6.57. The standard InChI is InChI=1S/C36H54N8O6/c1-21(2)27(41-33(47)49-5)31(45)43-17-7-9-23(43)29-37-19-25(39-29)35-11-14-36(15-12-35,16-13-35)26-20-38-30(40-26)24-10-8-18-44(24)32(46)28(22(3)4)42-34(48)50-6/h19-24,27-28H,7-18H2,1-6H3,(H,37,39)(H,38,40)(H,41,47)(H,42,48)/t23-,24-,27-,28-,35?,36?/m0/s1. The minimum Gasteiger partial charge on any atom is -0.453 e. The zero-order valence-corrected chi connectivity index (χ0v) is 30.3. The number of ether oxygens (including phenoxy) is 2. The van der Waals surface area contributed by atoms with Gasteiger partial charge in [0.05, 0.1) is 26.3 Å². The Labute approximate surface area is 294 Å². The van der Waals surface area contributed by atoms with Crippen LogP contribution in [-0.2, 0) is 29.9 Å². The van der Waals surface area contributed by atoms with Gasteiger partial charge in [0.1, 0.15) is 23.7 Å². The number of aromatic nitrogens is 4. The molecule has 2 saturated heterocycles. The highest BCUT2D eigenvalue weighted by atomic mass is 16.5. The molecule has 7 rings (SSSR count). The first-order valence-corrected chi connectivity index (χ1v) is 18.3. The SMILES string of the molecule is COC(=O)N[C@H](C(=O)N1CCC[C@H]1c1ncc(C23CCC(c4cnc([C@@H]5CCCN5C(=O)[C@@H](NC(=O)OC)C(C)C)[nH]4)(CC2)CC3)[nH]1)C(C)C. The number of H-pyrrole nitrogens is 2. The van der Waals surface area contributed by atoms with E-state index in [1.54, 1.807) is 0 Å². The van der Waals surface area contributed by atoms with Crippen molar-refractivity contribution < 1.29 is 28.7 Å². The molecule has 0 aromatic carbocycles. The van der Waals surface area contributed by atoms with E-state index in [0.717, 1.165) is 87.2 Å². The number of carbonyl (C=O) groups is 4. The van der Waals surface area contributed by atoms with Crippen molar-refractivity contribution in [2.24, 2.45) is 11.8 Å². The molecule has 5 aliphatic rings. The molecule has 14 heteroatoms. The van der Waals surface area contributed by atoms with Gasteiger partial charge in [0.2, 0.25) is 11.8 Å². The second-order valence-corrected chi connectivity index (χ2v) is 15.5. The average Bonchev–Trinajstić information content (AvgIpc) is 3.95. The van der Waals surface area contributed by atoms with Gasteiger partial charge in [0.25, 0.3) is 0 Å². The van der Waals surface area contributed by atoms with Crippen molar-refractivity contribution >= 4 is 24.0 Å². The van der Waals surface area contributed by atoms with E-state index >= 15 is 0 Å². The topological polar surface area (TPSA) is 175 Å². The van der Waals surface area contributed by atoms with Crippen LogP contribution in [0, 0.1) is 11.8 Å². The molecule has 274 valence electrons. The lowest BCUT2D eigenvalue weighted by molar-refractivity contribution is -0.136. The highest BCUT2D eigenvalue weighted by molar-refractivity contribution is 5.87. The number of nitrogens with one attached hydrogen (secondary N) is 4. The Balaban J connectivity index is 1.12. The zero-order valence-electron chi connectivity index (χ0n) is 30.3. The number of rotatable bonds is 10. The molecule has 0 spiro atoms. The summed E-state index contributed by atoms with van der Waals surface area (Å²) >= 11 is 0. The van der Waals surface area contributed by atoms with Crippen LogP contribution in [0.1, 0.15) is 127 Å². The van der Waals surface area contributed by atoms with Gasteiger partial charge in [-0.05, 0) is 76.0 Å². The molecule has 0 unspecified atom stereocenters. The lowest BCUT2D eigenvalue weighted by atomic mass is 9.52. The van der Waals surface area contributed by atoms with E-state index in [1.807, 2.05) is 49.9 Å². The molecule has 4 N–H and O–H groups in total. The van der Waals surface area contributed by atoms with Gasteiger partial charge >= 0.3 is 12.2 Å². The number of hydrogen-bond donors (Lipinski definition) is 4. The normalized spacial score (nSPS) is 27.4. The van der Waals surface area contributed by atoms with Gasteiger partial charge in [0, 0.05) is 47.7 Å². The molecule has 14 nitrogen and oxygen atoms in total. The zero-order chi connectivity index (χ0) is 35.8. The third-order valence-electron chi connectivity index (χ3n) is 12.1. The van der Waals surface area contributed by atoms with Gasteiger partial charge in [-0.1, -0.05) is 27.7 Å². The van der Waals surface area contributed by atoms with E-state index in [-0.39, 0.29) is 46.6 Å². The molecule has 50 heavy (non-hydrogen) atoms. The molecule has 2 aromatic heterocycles. The Morgan fingerprint density at radius 2 is 1.06 bits per heavy atom. The van der Waals surface area contributed by atoms with Crippen molar-refractivity contribution in [3.63, 3.8) is 0 Å². The Hall–Kier alpha value is -4.10. The van der Waals surface area contributed by atoms with E-state index in [1.165, 1.54) is 14.2 Å². The number of fused-ring (bicyclic) bond motifs is 3. The molecule has 4 amide bonds. The van der Waals surface area contributed by atoms with Gasteiger partial charge in [-0.2, -0.15) is 0 Å². The molecule has 4 heterocycles. The summed E-state index contributed by atoms with van der Waals surface area (Å²) in [4.78, 5) is 72.0. The fourth-order valence-electron chi connectivity index (χ4n) is 8.93. The maximum atomic E-state index is 13.6. The van der Waals surface area contributed by atoms with Gasteiger partial charge < -0.3 is 39.9 Å². The third-order valence-corrected chi connectivity index (χ3v) is 12.1.